The number of nitrogens with one attached hydrogen (secondary N) is 2. The summed E-state index contributed by atoms with van der Waals surface area (Å²) in [6.45, 7) is 0.402. The molecule has 4 amide bonds. The predicted octanol–water partition coefficient (Wildman–Crippen LogP) is 1.89. The number of alkyl halides is 3. The summed E-state index contributed by atoms with van der Waals surface area (Å²) in [5.41, 5.74) is -0.544. The molecule has 1 aromatic rings. The van der Waals surface area contributed by atoms with E-state index >= 15 is 0 Å². The zero-order valence-corrected chi connectivity index (χ0v) is 19.4. The number of amides is 4. The van der Waals surface area contributed by atoms with E-state index in [9.17, 15) is 37.1 Å². The molecule has 13 heteroatoms. The first-order chi connectivity index (χ1) is 17.0. The van der Waals surface area contributed by atoms with Crippen LogP contribution >= 0.6 is 0 Å². The van der Waals surface area contributed by atoms with E-state index in [1.54, 1.807) is 9.80 Å². The lowest BCUT2D eigenvalue weighted by Gasteiger charge is -2.47. The molecule has 3 N–H and O–H groups in total. The van der Waals surface area contributed by atoms with Gasteiger partial charge in [0.1, 0.15) is 11.6 Å². The van der Waals surface area contributed by atoms with E-state index in [1.807, 2.05) is 0 Å². The first-order valence-corrected chi connectivity index (χ1v) is 11.7. The zero-order chi connectivity index (χ0) is 26.1. The Hall–Kier alpha value is -3.09. The minimum Gasteiger partial charge on any atom is -0.406 e. The van der Waals surface area contributed by atoms with E-state index < -0.39 is 35.4 Å². The van der Waals surface area contributed by atoms with Crippen LogP contribution < -0.4 is 15.4 Å². The zero-order valence-electron chi connectivity index (χ0n) is 19.4. The summed E-state index contributed by atoms with van der Waals surface area (Å²) in [6, 6.07) is 1.73. The highest BCUT2D eigenvalue weighted by Gasteiger charge is 2.50. The average Bonchev–Trinajstić information content (AvgIpc) is 3.55. The molecule has 0 bridgehead atoms. The number of benzene rings is 1. The van der Waals surface area contributed by atoms with Crippen LogP contribution in [-0.2, 0) is 16.1 Å². The number of aliphatic hydroxyl groups is 1. The second-order valence-electron chi connectivity index (χ2n) is 9.66. The molecule has 198 valence electrons. The predicted molar refractivity (Wildman–Crippen MR) is 117 cm³/mol. The number of carbonyl (C=O) groups excluding carboxylic acids is 3. The van der Waals surface area contributed by atoms with Crippen LogP contribution in [0.4, 0.5) is 22.4 Å². The van der Waals surface area contributed by atoms with Gasteiger partial charge in [0.15, 0.2) is 0 Å². The number of hydrogen-bond donors (Lipinski definition) is 3. The topological polar surface area (TPSA) is 111 Å². The van der Waals surface area contributed by atoms with Crippen molar-refractivity contribution in [3.05, 3.63) is 29.6 Å². The Morgan fingerprint density at radius 1 is 1.28 bits per heavy atom. The summed E-state index contributed by atoms with van der Waals surface area (Å²) >= 11 is 0. The molecule has 36 heavy (non-hydrogen) atoms. The van der Waals surface area contributed by atoms with E-state index in [0.29, 0.717) is 25.6 Å². The number of urea groups is 1. The van der Waals surface area contributed by atoms with Crippen LogP contribution in [0, 0.1) is 11.2 Å². The third kappa shape index (κ3) is 6.18. The molecule has 4 rings (SSSR count). The Bertz CT molecular complexity index is 1020. The Balaban J connectivity index is 1.47. The van der Waals surface area contributed by atoms with Crippen molar-refractivity contribution in [2.45, 2.75) is 57.1 Å². The Morgan fingerprint density at radius 2 is 2.03 bits per heavy atom. The highest BCUT2D eigenvalue weighted by molar-refractivity contribution is 5.81. The van der Waals surface area contributed by atoms with Crippen LogP contribution in [0.5, 0.6) is 5.75 Å². The van der Waals surface area contributed by atoms with Crippen molar-refractivity contribution in [3.8, 4) is 5.75 Å². The summed E-state index contributed by atoms with van der Waals surface area (Å²) in [5.74, 6) is -2.04. The molecule has 9 nitrogen and oxygen atoms in total. The minimum atomic E-state index is -4.95. The highest BCUT2D eigenvalue weighted by atomic mass is 19.4. The molecular formula is C23H28F4N4O5. The van der Waals surface area contributed by atoms with E-state index in [0.717, 1.165) is 25.0 Å². The Labute approximate surface area is 204 Å². The van der Waals surface area contributed by atoms with Crippen LogP contribution in [0.2, 0.25) is 0 Å². The number of aliphatic hydroxyl groups excluding tert-OH is 1. The monoisotopic (exact) mass is 516 g/mol. The van der Waals surface area contributed by atoms with Gasteiger partial charge >= 0.3 is 12.4 Å². The second-order valence-corrected chi connectivity index (χ2v) is 9.66. The fraction of sp³-hybridized carbons (Fsp3) is 0.609. The molecule has 2 unspecified atom stereocenters. The van der Waals surface area contributed by atoms with Gasteiger partial charge in [0.05, 0.1) is 12.6 Å². The van der Waals surface area contributed by atoms with Gasteiger partial charge in [-0.3, -0.25) is 9.59 Å². The lowest BCUT2D eigenvalue weighted by Crippen LogP contribution is -2.60. The lowest BCUT2D eigenvalue weighted by molar-refractivity contribution is -0.274. The fourth-order valence-corrected chi connectivity index (χ4v) is 5.10. The van der Waals surface area contributed by atoms with E-state index in [-0.39, 0.29) is 56.0 Å². The smallest absolute Gasteiger partial charge is 0.406 e. The van der Waals surface area contributed by atoms with Crippen molar-refractivity contribution in [2.24, 2.45) is 5.41 Å². The number of ether oxygens (including phenoxy) is 1. The normalized spacial score (nSPS) is 24.0. The molecule has 3 fully saturated rings. The van der Waals surface area contributed by atoms with Gasteiger partial charge in [0.2, 0.25) is 11.8 Å². The third-order valence-corrected chi connectivity index (χ3v) is 6.76. The molecular weight excluding hydrogens is 488 g/mol. The number of likely N-dealkylation sites (tertiary alicyclic amines) is 1. The van der Waals surface area contributed by atoms with Crippen LogP contribution in [0.15, 0.2) is 18.2 Å². The first kappa shape index (κ1) is 26.0. The molecule has 2 aliphatic heterocycles. The first-order valence-electron chi connectivity index (χ1n) is 11.7. The number of halogens is 4. The van der Waals surface area contributed by atoms with Crippen LogP contribution in [0.3, 0.4) is 0 Å². The quantitative estimate of drug-likeness (QED) is 0.480. The van der Waals surface area contributed by atoms with Gasteiger partial charge in [0.25, 0.3) is 0 Å². The van der Waals surface area contributed by atoms with Gasteiger partial charge in [-0.25, -0.2) is 9.18 Å². The van der Waals surface area contributed by atoms with Crippen molar-refractivity contribution in [1.29, 1.82) is 0 Å². The van der Waals surface area contributed by atoms with Gasteiger partial charge in [-0.1, -0.05) is 6.07 Å². The van der Waals surface area contributed by atoms with Crippen molar-refractivity contribution < 1.29 is 41.8 Å². The van der Waals surface area contributed by atoms with Gasteiger partial charge in [-0.2, -0.15) is 0 Å². The largest absolute Gasteiger partial charge is 0.573 e. The average molecular weight is 516 g/mol. The summed E-state index contributed by atoms with van der Waals surface area (Å²) < 4.78 is 55.1. The molecule has 2 heterocycles. The van der Waals surface area contributed by atoms with Crippen LogP contribution in [0.1, 0.15) is 37.7 Å². The molecule has 2 atom stereocenters. The number of hydrogen-bond acceptors (Lipinski definition) is 5. The molecule has 0 radical (unpaired) electrons. The molecule has 1 aliphatic carbocycles. The summed E-state index contributed by atoms with van der Waals surface area (Å²) in [7, 11) is 0. The SMILES string of the molecule is O=C1CC2(CN1)CC(N(C(=O)NCc1ccc(OC(F)(F)F)cc1F)C1CC1)CN(C(=O)CCO)C2. The second kappa shape index (κ2) is 10.1. The summed E-state index contributed by atoms with van der Waals surface area (Å²) in [4.78, 5) is 41.1. The highest BCUT2D eigenvalue weighted by Crippen LogP contribution is 2.41. The number of rotatable bonds is 7. The van der Waals surface area contributed by atoms with Gasteiger partial charge in [-0.05, 0) is 25.3 Å². The molecule has 1 aromatic carbocycles. The van der Waals surface area contributed by atoms with Gasteiger partial charge < -0.3 is 30.3 Å². The van der Waals surface area contributed by atoms with Crippen LogP contribution in [0.25, 0.3) is 0 Å². The maximum Gasteiger partial charge on any atom is 0.573 e. The molecule has 0 aromatic heterocycles. The van der Waals surface area contributed by atoms with E-state index in [2.05, 4.69) is 15.4 Å². The van der Waals surface area contributed by atoms with E-state index in [1.165, 1.54) is 0 Å². The van der Waals surface area contributed by atoms with Crippen molar-refractivity contribution in [1.82, 2.24) is 20.4 Å². The van der Waals surface area contributed by atoms with Gasteiger partial charge in [0, 0.05) is 62.1 Å². The Kier molecular flexibility index (Phi) is 7.30. The number of piperidine rings is 1. The lowest BCUT2D eigenvalue weighted by atomic mass is 9.76. The molecule has 3 aliphatic rings. The summed E-state index contributed by atoms with van der Waals surface area (Å²) in [5, 5.41) is 14.7. The maximum absolute atomic E-state index is 14.3. The van der Waals surface area contributed by atoms with E-state index in [4.69, 9.17) is 0 Å². The Morgan fingerprint density at radius 3 is 2.61 bits per heavy atom. The number of carbonyl (C=O) groups is 3. The van der Waals surface area contributed by atoms with Crippen molar-refractivity contribution >= 4 is 17.8 Å². The standard InChI is InChI=1S/C23H28F4N4O5/c24-18-7-17(36-23(25,26)27)4-1-14(18)10-28-21(35)31(15-2-3-15)16-8-22(9-19(33)29-12-22)13-30(11-16)20(34)5-6-32/h1,4,7,15-16,32H,2-3,5-6,8-13H2,(H,28,35)(H,29,33). The minimum absolute atomic E-state index is 0.0147. The van der Waals surface area contributed by atoms with Crippen molar-refractivity contribution in [2.75, 3.05) is 26.2 Å². The van der Waals surface area contributed by atoms with Crippen LogP contribution in [-0.4, -0.2) is 77.4 Å². The fourth-order valence-electron chi connectivity index (χ4n) is 5.10. The molecule has 1 saturated carbocycles. The third-order valence-electron chi connectivity index (χ3n) is 6.76. The maximum atomic E-state index is 14.3. The number of nitrogens with zero attached hydrogens (tertiary/aromatic N) is 2. The summed E-state index contributed by atoms with van der Waals surface area (Å²) in [6.07, 6.45) is -2.77. The van der Waals surface area contributed by atoms with Gasteiger partial charge in [-0.15, -0.1) is 13.2 Å². The van der Waals surface area contributed by atoms with Crippen molar-refractivity contribution in [3.63, 3.8) is 0 Å². The molecule has 2 saturated heterocycles. The molecule has 1 spiro atoms.